The van der Waals surface area contributed by atoms with Gasteiger partial charge in [-0.05, 0) is 42.7 Å². The number of ether oxygens (including phenoxy) is 2. The number of anilines is 1. The minimum Gasteiger partial charge on any atom is -0.493 e. The quantitative estimate of drug-likeness (QED) is 0.830. The molecule has 1 saturated heterocycles. The van der Waals surface area contributed by atoms with Crippen molar-refractivity contribution in [3.8, 4) is 11.5 Å². The number of benzene rings is 2. The first-order valence-electron chi connectivity index (χ1n) is 9.00. The molecule has 0 spiro atoms. The highest BCUT2D eigenvalue weighted by Gasteiger charge is 2.24. The summed E-state index contributed by atoms with van der Waals surface area (Å²) in [5, 5.41) is 3.09. The lowest BCUT2D eigenvalue weighted by atomic mass is 10.1. The van der Waals surface area contributed by atoms with E-state index in [2.05, 4.69) is 34.5 Å². The standard InChI is InChI=1S/C21H26N2O3/c1-25-19-11-10-16(13-20(19)26-2)14-21(24)22-15-18-9-6-12-23(18)17-7-4-3-5-8-17/h3-5,7-8,10-11,13,18H,6,9,12,14-15H2,1-2H3,(H,22,24). The lowest BCUT2D eigenvalue weighted by Crippen LogP contribution is -2.40. The van der Waals surface area contributed by atoms with Crippen LogP contribution in [-0.2, 0) is 11.2 Å². The second kappa shape index (κ2) is 8.61. The Labute approximate surface area is 154 Å². The van der Waals surface area contributed by atoms with Crippen molar-refractivity contribution in [1.82, 2.24) is 5.32 Å². The average Bonchev–Trinajstić information content (AvgIpc) is 3.15. The van der Waals surface area contributed by atoms with Crippen LogP contribution in [0.5, 0.6) is 11.5 Å². The van der Waals surface area contributed by atoms with Crippen molar-refractivity contribution in [2.75, 3.05) is 32.2 Å². The molecule has 138 valence electrons. The maximum Gasteiger partial charge on any atom is 0.224 e. The van der Waals surface area contributed by atoms with Crippen LogP contribution in [0.3, 0.4) is 0 Å². The van der Waals surface area contributed by atoms with E-state index in [1.807, 2.05) is 24.3 Å². The maximum atomic E-state index is 12.4. The first kappa shape index (κ1) is 18.1. The van der Waals surface area contributed by atoms with Gasteiger partial charge in [0.2, 0.25) is 5.91 Å². The van der Waals surface area contributed by atoms with Crippen molar-refractivity contribution in [2.24, 2.45) is 0 Å². The van der Waals surface area contributed by atoms with E-state index >= 15 is 0 Å². The molecular formula is C21H26N2O3. The van der Waals surface area contributed by atoms with Gasteiger partial charge < -0.3 is 19.7 Å². The molecule has 2 aromatic carbocycles. The highest BCUT2D eigenvalue weighted by Crippen LogP contribution is 2.28. The Morgan fingerprint density at radius 1 is 1.12 bits per heavy atom. The fourth-order valence-corrected chi connectivity index (χ4v) is 3.48. The molecule has 1 N–H and O–H groups in total. The van der Waals surface area contributed by atoms with Crippen LogP contribution >= 0.6 is 0 Å². The van der Waals surface area contributed by atoms with Crippen molar-refractivity contribution in [3.63, 3.8) is 0 Å². The molecule has 26 heavy (non-hydrogen) atoms. The van der Waals surface area contributed by atoms with Crippen LogP contribution in [0.1, 0.15) is 18.4 Å². The Hall–Kier alpha value is -2.69. The normalized spacial score (nSPS) is 16.4. The number of carbonyl (C=O) groups is 1. The highest BCUT2D eigenvalue weighted by molar-refractivity contribution is 5.79. The van der Waals surface area contributed by atoms with E-state index in [0.717, 1.165) is 24.9 Å². The number of para-hydroxylation sites is 1. The number of hydrogen-bond donors (Lipinski definition) is 1. The minimum absolute atomic E-state index is 0.0251. The summed E-state index contributed by atoms with van der Waals surface area (Å²) in [7, 11) is 3.20. The molecule has 0 bridgehead atoms. The summed E-state index contributed by atoms with van der Waals surface area (Å²) in [5.41, 5.74) is 2.13. The number of hydrogen-bond acceptors (Lipinski definition) is 4. The van der Waals surface area contributed by atoms with Crippen molar-refractivity contribution in [3.05, 3.63) is 54.1 Å². The van der Waals surface area contributed by atoms with Gasteiger partial charge in [0.05, 0.1) is 20.6 Å². The topological polar surface area (TPSA) is 50.8 Å². The van der Waals surface area contributed by atoms with Crippen LogP contribution in [0.4, 0.5) is 5.69 Å². The third-order valence-electron chi connectivity index (χ3n) is 4.81. The van der Waals surface area contributed by atoms with Gasteiger partial charge in [-0.1, -0.05) is 24.3 Å². The zero-order chi connectivity index (χ0) is 18.4. The Morgan fingerprint density at radius 3 is 2.62 bits per heavy atom. The van der Waals surface area contributed by atoms with Crippen molar-refractivity contribution in [1.29, 1.82) is 0 Å². The molecule has 1 amide bonds. The predicted molar refractivity (Wildman–Crippen MR) is 103 cm³/mol. The number of nitrogens with one attached hydrogen (secondary N) is 1. The molecule has 0 radical (unpaired) electrons. The number of carbonyl (C=O) groups excluding carboxylic acids is 1. The third-order valence-corrected chi connectivity index (χ3v) is 4.81. The molecule has 0 aromatic heterocycles. The largest absolute Gasteiger partial charge is 0.493 e. The predicted octanol–water partition coefficient (Wildman–Crippen LogP) is 3.03. The van der Waals surface area contributed by atoms with Gasteiger partial charge in [0.25, 0.3) is 0 Å². The Morgan fingerprint density at radius 2 is 1.88 bits per heavy atom. The summed E-state index contributed by atoms with van der Waals surface area (Å²) in [4.78, 5) is 14.8. The van der Waals surface area contributed by atoms with Crippen LogP contribution < -0.4 is 19.7 Å². The molecule has 5 nitrogen and oxygen atoms in total. The SMILES string of the molecule is COc1ccc(CC(=O)NCC2CCCN2c2ccccc2)cc1OC. The fraction of sp³-hybridized carbons (Fsp3) is 0.381. The van der Waals surface area contributed by atoms with E-state index in [9.17, 15) is 4.79 Å². The van der Waals surface area contributed by atoms with E-state index in [0.29, 0.717) is 30.5 Å². The second-order valence-electron chi connectivity index (χ2n) is 6.50. The van der Waals surface area contributed by atoms with Gasteiger partial charge in [0.1, 0.15) is 0 Å². The highest BCUT2D eigenvalue weighted by atomic mass is 16.5. The smallest absolute Gasteiger partial charge is 0.224 e. The lowest BCUT2D eigenvalue weighted by Gasteiger charge is -2.27. The molecule has 1 aliphatic rings. The fourth-order valence-electron chi connectivity index (χ4n) is 3.48. The van der Waals surface area contributed by atoms with E-state index in [4.69, 9.17) is 9.47 Å². The minimum atomic E-state index is 0.0251. The van der Waals surface area contributed by atoms with Crippen LogP contribution in [0.25, 0.3) is 0 Å². The van der Waals surface area contributed by atoms with Crippen LogP contribution in [0.15, 0.2) is 48.5 Å². The first-order chi connectivity index (χ1) is 12.7. The van der Waals surface area contributed by atoms with Gasteiger partial charge in [-0.3, -0.25) is 4.79 Å². The molecule has 0 saturated carbocycles. The number of amides is 1. The second-order valence-corrected chi connectivity index (χ2v) is 6.50. The van der Waals surface area contributed by atoms with Gasteiger partial charge >= 0.3 is 0 Å². The van der Waals surface area contributed by atoms with Crippen molar-refractivity contribution >= 4 is 11.6 Å². The Balaban J connectivity index is 1.55. The van der Waals surface area contributed by atoms with E-state index < -0.39 is 0 Å². The Kier molecular flexibility index (Phi) is 6.00. The zero-order valence-electron chi connectivity index (χ0n) is 15.4. The van der Waals surface area contributed by atoms with Crippen LogP contribution in [0, 0.1) is 0 Å². The Bertz CT molecular complexity index is 733. The third kappa shape index (κ3) is 4.28. The molecule has 0 aliphatic carbocycles. The first-order valence-corrected chi connectivity index (χ1v) is 9.00. The summed E-state index contributed by atoms with van der Waals surface area (Å²) < 4.78 is 10.5. The lowest BCUT2D eigenvalue weighted by molar-refractivity contribution is -0.120. The summed E-state index contributed by atoms with van der Waals surface area (Å²) in [6, 6.07) is 16.3. The van der Waals surface area contributed by atoms with Crippen LogP contribution in [-0.4, -0.2) is 39.3 Å². The average molecular weight is 354 g/mol. The number of rotatable bonds is 7. The zero-order valence-corrected chi connectivity index (χ0v) is 15.4. The van der Waals surface area contributed by atoms with Crippen molar-refractivity contribution < 1.29 is 14.3 Å². The van der Waals surface area contributed by atoms with Gasteiger partial charge in [-0.15, -0.1) is 0 Å². The molecular weight excluding hydrogens is 328 g/mol. The monoisotopic (exact) mass is 354 g/mol. The van der Waals surface area contributed by atoms with Gasteiger partial charge in [0.15, 0.2) is 11.5 Å². The van der Waals surface area contributed by atoms with Crippen molar-refractivity contribution in [2.45, 2.75) is 25.3 Å². The van der Waals surface area contributed by atoms with E-state index in [1.165, 1.54) is 5.69 Å². The van der Waals surface area contributed by atoms with Crippen LogP contribution in [0.2, 0.25) is 0 Å². The molecule has 1 aliphatic heterocycles. The molecule has 2 aromatic rings. The summed E-state index contributed by atoms with van der Waals surface area (Å²) in [6.45, 7) is 1.71. The van der Waals surface area contributed by atoms with Gasteiger partial charge in [0, 0.05) is 24.8 Å². The molecule has 3 rings (SSSR count). The summed E-state index contributed by atoms with van der Waals surface area (Å²) in [6.07, 6.45) is 2.59. The van der Waals surface area contributed by atoms with Gasteiger partial charge in [-0.2, -0.15) is 0 Å². The molecule has 1 heterocycles. The molecule has 5 heteroatoms. The van der Waals surface area contributed by atoms with E-state index in [1.54, 1.807) is 14.2 Å². The summed E-state index contributed by atoms with van der Waals surface area (Å²) in [5.74, 6) is 1.34. The summed E-state index contributed by atoms with van der Waals surface area (Å²) >= 11 is 0. The molecule has 1 atom stereocenters. The number of nitrogens with zero attached hydrogens (tertiary/aromatic N) is 1. The number of methoxy groups -OCH3 is 2. The molecule has 1 fully saturated rings. The van der Waals surface area contributed by atoms with E-state index in [-0.39, 0.29) is 5.91 Å². The molecule has 1 unspecified atom stereocenters. The maximum absolute atomic E-state index is 12.4. The van der Waals surface area contributed by atoms with Gasteiger partial charge in [-0.25, -0.2) is 0 Å².